The smallest absolute Gasteiger partial charge is 0.253 e. The lowest BCUT2D eigenvalue weighted by Gasteiger charge is -2.22. The minimum Gasteiger partial charge on any atom is -0.343 e. The molecular weight excluding hydrogens is 228 g/mol. The predicted octanol–water partition coefficient (Wildman–Crippen LogP) is 1.87. The van der Waals surface area contributed by atoms with Crippen LogP contribution in [0.3, 0.4) is 0 Å². The molecule has 0 saturated heterocycles. The number of nitrogens with one attached hydrogen (secondary N) is 1. The lowest BCUT2D eigenvalue weighted by atomic mass is 10.1. The highest BCUT2D eigenvalue weighted by Crippen LogP contribution is 2.24. The third-order valence-corrected chi connectivity index (χ3v) is 3.12. The van der Waals surface area contributed by atoms with Crippen LogP contribution in [0.4, 0.5) is 5.69 Å². The third-order valence-electron chi connectivity index (χ3n) is 3.12. The van der Waals surface area contributed by atoms with Gasteiger partial charge in [-0.2, -0.15) is 0 Å². The highest BCUT2D eigenvalue weighted by molar-refractivity contribution is 6.09. The second kappa shape index (κ2) is 5.21. The van der Waals surface area contributed by atoms with Gasteiger partial charge in [-0.3, -0.25) is 9.59 Å². The molecule has 2 rings (SSSR count). The Hall–Kier alpha value is -1.84. The topological polar surface area (TPSA) is 49.4 Å². The summed E-state index contributed by atoms with van der Waals surface area (Å²) in [6.07, 6.45) is 1.96. The average Bonchev–Trinajstić information content (AvgIpc) is 2.47. The molecule has 1 aromatic carbocycles. The Kier molecular flexibility index (Phi) is 3.65. The maximum atomic E-state index is 12.0. The van der Waals surface area contributed by atoms with Gasteiger partial charge < -0.3 is 10.2 Å². The van der Waals surface area contributed by atoms with Gasteiger partial charge in [-0.25, -0.2) is 0 Å². The average molecular weight is 246 g/mol. The van der Waals surface area contributed by atoms with Crippen molar-refractivity contribution in [3.8, 4) is 0 Å². The van der Waals surface area contributed by atoms with Crippen molar-refractivity contribution < 1.29 is 9.59 Å². The van der Waals surface area contributed by atoms with Gasteiger partial charge in [0.1, 0.15) is 0 Å². The monoisotopic (exact) mass is 246 g/mol. The van der Waals surface area contributed by atoms with E-state index in [1.165, 1.54) is 0 Å². The van der Waals surface area contributed by atoms with E-state index in [0.29, 0.717) is 12.1 Å². The van der Waals surface area contributed by atoms with Crippen molar-refractivity contribution in [3.63, 3.8) is 0 Å². The van der Waals surface area contributed by atoms with Gasteiger partial charge in [0.15, 0.2) is 0 Å². The molecule has 0 atom stereocenters. The SMILES string of the molecule is CCCCN1C(=O)CNC(=O)c2cc(C)ccc21. The van der Waals surface area contributed by atoms with Gasteiger partial charge in [0, 0.05) is 6.54 Å². The van der Waals surface area contributed by atoms with Crippen LogP contribution in [-0.2, 0) is 4.79 Å². The number of nitrogens with zero attached hydrogens (tertiary/aromatic N) is 1. The van der Waals surface area contributed by atoms with Crippen LogP contribution in [0.2, 0.25) is 0 Å². The molecule has 0 unspecified atom stereocenters. The number of rotatable bonds is 3. The van der Waals surface area contributed by atoms with Gasteiger partial charge in [0.2, 0.25) is 5.91 Å². The standard InChI is InChI=1S/C14H18N2O2/c1-3-4-7-16-12-6-5-10(2)8-11(12)14(18)15-9-13(16)17/h5-6,8H,3-4,7,9H2,1-2H3,(H,15,18). The van der Waals surface area contributed by atoms with Crippen LogP contribution in [0, 0.1) is 6.92 Å². The number of hydrogen-bond donors (Lipinski definition) is 1. The fourth-order valence-corrected chi connectivity index (χ4v) is 2.11. The van der Waals surface area contributed by atoms with E-state index in [1.54, 1.807) is 4.90 Å². The summed E-state index contributed by atoms with van der Waals surface area (Å²) in [6.45, 7) is 4.77. The Morgan fingerprint density at radius 2 is 2.11 bits per heavy atom. The fraction of sp³-hybridized carbons (Fsp3) is 0.429. The summed E-state index contributed by atoms with van der Waals surface area (Å²) in [5.74, 6) is -0.208. The molecule has 1 N–H and O–H groups in total. The van der Waals surface area contributed by atoms with Crippen LogP contribution in [0.5, 0.6) is 0 Å². The van der Waals surface area contributed by atoms with E-state index in [4.69, 9.17) is 0 Å². The molecule has 0 fully saturated rings. The zero-order valence-corrected chi connectivity index (χ0v) is 10.8. The number of aryl methyl sites for hydroxylation is 1. The molecule has 0 bridgehead atoms. The van der Waals surface area contributed by atoms with Crippen LogP contribution in [0.1, 0.15) is 35.7 Å². The molecule has 1 aliphatic rings. The molecule has 0 radical (unpaired) electrons. The summed E-state index contributed by atoms with van der Waals surface area (Å²) in [5.41, 5.74) is 2.35. The van der Waals surface area contributed by atoms with Crippen LogP contribution >= 0.6 is 0 Å². The zero-order valence-electron chi connectivity index (χ0n) is 10.8. The summed E-state index contributed by atoms with van der Waals surface area (Å²) >= 11 is 0. The lowest BCUT2D eigenvalue weighted by molar-refractivity contribution is -0.117. The van der Waals surface area contributed by atoms with E-state index in [1.807, 2.05) is 25.1 Å². The summed E-state index contributed by atoms with van der Waals surface area (Å²) in [6, 6.07) is 5.63. The molecule has 4 heteroatoms. The number of carbonyl (C=O) groups excluding carboxylic acids is 2. The Morgan fingerprint density at radius 1 is 1.33 bits per heavy atom. The molecule has 96 valence electrons. The Balaban J connectivity index is 2.43. The molecule has 0 saturated carbocycles. The summed E-state index contributed by atoms with van der Waals surface area (Å²) < 4.78 is 0. The van der Waals surface area contributed by atoms with Gasteiger partial charge >= 0.3 is 0 Å². The minimum absolute atomic E-state index is 0.0422. The molecule has 18 heavy (non-hydrogen) atoms. The molecule has 2 amide bonds. The highest BCUT2D eigenvalue weighted by Gasteiger charge is 2.25. The molecule has 1 aromatic rings. The van der Waals surface area contributed by atoms with E-state index in [-0.39, 0.29) is 18.4 Å². The third kappa shape index (κ3) is 2.37. The van der Waals surface area contributed by atoms with Gasteiger partial charge in [0.05, 0.1) is 17.8 Å². The van der Waals surface area contributed by atoms with Gasteiger partial charge in [-0.15, -0.1) is 0 Å². The molecule has 0 spiro atoms. The van der Waals surface area contributed by atoms with Crippen LogP contribution in [0.25, 0.3) is 0 Å². The number of anilines is 1. The zero-order chi connectivity index (χ0) is 13.1. The van der Waals surface area contributed by atoms with Crippen LogP contribution < -0.4 is 10.2 Å². The van der Waals surface area contributed by atoms with E-state index in [2.05, 4.69) is 12.2 Å². The Labute approximate surface area is 107 Å². The van der Waals surface area contributed by atoms with E-state index in [0.717, 1.165) is 24.1 Å². The van der Waals surface area contributed by atoms with Crippen molar-refractivity contribution in [2.45, 2.75) is 26.7 Å². The second-order valence-electron chi connectivity index (χ2n) is 4.60. The largest absolute Gasteiger partial charge is 0.343 e. The van der Waals surface area contributed by atoms with Gasteiger partial charge in [0.25, 0.3) is 5.91 Å². The van der Waals surface area contributed by atoms with Crippen LogP contribution in [-0.4, -0.2) is 24.9 Å². The van der Waals surface area contributed by atoms with Crippen molar-refractivity contribution in [1.82, 2.24) is 5.32 Å². The maximum Gasteiger partial charge on any atom is 0.253 e. The lowest BCUT2D eigenvalue weighted by Crippen LogP contribution is -2.37. The van der Waals surface area contributed by atoms with Crippen molar-refractivity contribution >= 4 is 17.5 Å². The van der Waals surface area contributed by atoms with Crippen molar-refractivity contribution in [2.24, 2.45) is 0 Å². The van der Waals surface area contributed by atoms with Crippen molar-refractivity contribution in [3.05, 3.63) is 29.3 Å². The Bertz CT molecular complexity index is 483. The van der Waals surface area contributed by atoms with E-state index < -0.39 is 0 Å². The predicted molar refractivity (Wildman–Crippen MR) is 70.8 cm³/mol. The van der Waals surface area contributed by atoms with Crippen molar-refractivity contribution in [1.29, 1.82) is 0 Å². The fourth-order valence-electron chi connectivity index (χ4n) is 2.11. The Morgan fingerprint density at radius 3 is 2.83 bits per heavy atom. The molecular formula is C14H18N2O2. The molecule has 0 aromatic heterocycles. The molecule has 1 aliphatic heterocycles. The molecule has 4 nitrogen and oxygen atoms in total. The first-order valence-corrected chi connectivity index (χ1v) is 6.32. The number of unbranched alkanes of at least 4 members (excludes halogenated alkanes) is 1. The number of fused-ring (bicyclic) bond motifs is 1. The molecule has 1 heterocycles. The highest BCUT2D eigenvalue weighted by atomic mass is 16.2. The quantitative estimate of drug-likeness (QED) is 0.885. The first kappa shape index (κ1) is 12.6. The summed E-state index contributed by atoms with van der Waals surface area (Å²) in [4.78, 5) is 25.7. The number of carbonyl (C=O) groups is 2. The normalized spacial score (nSPS) is 15.1. The number of amides is 2. The van der Waals surface area contributed by atoms with Crippen LogP contribution in [0.15, 0.2) is 18.2 Å². The number of hydrogen-bond acceptors (Lipinski definition) is 2. The van der Waals surface area contributed by atoms with E-state index >= 15 is 0 Å². The number of benzene rings is 1. The first-order chi connectivity index (χ1) is 8.63. The first-order valence-electron chi connectivity index (χ1n) is 6.32. The van der Waals surface area contributed by atoms with Gasteiger partial charge in [-0.05, 0) is 25.5 Å². The maximum absolute atomic E-state index is 12.0. The second-order valence-corrected chi connectivity index (χ2v) is 4.60. The minimum atomic E-state index is -0.166. The summed E-state index contributed by atoms with van der Waals surface area (Å²) in [7, 11) is 0. The summed E-state index contributed by atoms with van der Waals surface area (Å²) in [5, 5.41) is 2.65. The van der Waals surface area contributed by atoms with Crippen molar-refractivity contribution in [2.75, 3.05) is 18.0 Å². The van der Waals surface area contributed by atoms with E-state index in [9.17, 15) is 9.59 Å². The molecule has 0 aliphatic carbocycles. The van der Waals surface area contributed by atoms with Gasteiger partial charge in [-0.1, -0.05) is 25.0 Å².